The van der Waals surface area contributed by atoms with E-state index in [1.54, 1.807) is 48.5 Å². The van der Waals surface area contributed by atoms with Gasteiger partial charge in [0.1, 0.15) is 5.75 Å². The summed E-state index contributed by atoms with van der Waals surface area (Å²) < 4.78 is 6.37. The number of nitrogens with zero attached hydrogens (tertiary/aromatic N) is 2. The average molecular weight is 603 g/mol. The fourth-order valence-electron chi connectivity index (χ4n) is 3.43. The van der Waals surface area contributed by atoms with Crippen molar-refractivity contribution < 1.29 is 24.0 Å². The van der Waals surface area contributed by atoms with Gasteiger partial charge in [-0.3, -0.25) is 29.4 Å². The minimum absolute atomic E-state index is 0.118. The summed E-state index contributed by atoms with van der Waals surface area (Å²) in [5.41, 5.74) is 0.965. The third-order valence-electron chi connectivity index (χ3n) is 5.16. The predicted molar refractivity (Wildman–Crippen MR) is 144 cm³/mol. The van der Waals surface area contributed by atoms with Crippen molar-refractivity contribution >= 4 is 73.8 Å². The molecule has 1 aliphatic rings. The Bertz CT molecular complexity index is 1450. The quantitative estimate of drug-likeness (QED) is 0.183. The number of para-hydroxylation sites is 2. The third-order valence-corrected chi connectivity index (χ3v) is 6.89. The van der Waals surface area contributed by atoms with Gasteiger partial charge in [0.2, 0.25) is 0 Å². The van der Waals surface area contributed by atoms with E-state index < -0.39 is 22.0 Å². The second-order valence-electron chi connectivity index (χ2n) is 7.65. The van der Waals surface area contributed by atoms with Crippen LogP contribution in [-0.4, -0.2) is 33.5 Å². The minimum Gasteiger partial charge on any atom is -0.483 e. The number of rotatable bonds is 8. The van der Waals surface area contributed by atoms with E-state index in [1.165, 1.54) is 24.3 Å². The van der Waals surface area contributed by atoms with Crippen LogP contribution in [0.25, 0.3) is 6.08 Å². The molecular weight excluding hydrogens is 586 g/mol. The molecule has 1 aliphatic heterocycles. The Labute approximate surface area is 228 Å². The monoisotopic (exact) mass is 601 g/mol. The zero-order valence-corrected chi connectivity index (χ0v) is 22.0. The van der Waals surface area contributed by atoms with Crippen molar-refractivity contribution in [2.75, 3.05) is 11.9 Å². The molecule has 0 aromatic heterocycles. The number of nitrogens with one attached hydrogen (secondary N) is 1. The number of hydrogen-bond acceptors (Lipinski definition) is 7. The number of hydrogen-bond donors (Lipinski definition) is 1. The molecule has 37 heavy (non-hydrogen) atoms. The molecular formula is C25H17BrClN3O6S. The largest absolute Gasteiger partial charge is 0.483 e. The van der Waals surface area contributed by atoms with Crippen LogP contribution in [0.2, 0.25) is 5.02 Å². The maximum atomic E-state index is 13.0. The van der Waals surface area contributed by atoms with Gasteiger partial charge in [0, 0.05) is 21.7 Å². The summed E-state index contributed by atoms with van der Waals surface area (Å²) >= 11 is 10.2. The van der Waals surface area contributed by atoms with Gasteiger partial charge in [0.05, 0.1) is 27.1 Å². The first kappa shape index (κ1) is 26.4. The highest BCUT2D eigenvalue weighted by atomic mass is 79.9. The van der Waals surface area contributed by atoms with Crippen LogP contribution in [0.5, 0.6) is 5.75 Å². The standard InChI is InChI=1S/C25H17BrClN3O6S/c26-17-9-10-21(36-14-23(31)28-19-7-3-2-6-18(19)27)16(11-17)12-22-24(32)29(25(33)37-22)13-15-5-1-4-8-20(15)30(34)35/h1-12H,13-14H2,(H,28,31)/b22-12-. The topological polar surface area (TPSA) is 119 Å². The van der Waals surface area contributed by atoms with E-state index >= 15 is 0 Å². The van der Waals surface area contributed by atoms with Gasteiger partial charge in [0.15, 0.2) is 6.61 Å². The molecule has 0 atom stereocenters. The SMILES string of the molecule is O=C(COc1ccc(Br)cc1/C=C1\SC(=O)N(Cc2ccccc2[N+](=O)[O-])C1=O)Nc1ccccc1Cl. The second-order valence-corrected chi connectivity index (χ2v) is 9.97. The normalized spacial score (nSPS) is 14.2. The van der Waals surface area contributed by atoms with Crippen molar-refractivity contribution in [2.24, 2.45) is 0 Å². The number of thioether (sulfide) groups is 1. The number of imide groups is 1. The first-order valence-corrected chi connectivity index (χ1v) is 12.7. The molecule has 3 amide bonds. The van der Waals surface area contributed by atoms with E-state index in [4.69, 9.17) is 16.3 Å². The molecule has 4 rings (SSSR count). The number of nitro groups is 1. The predicted octanol–water partition coefficient (Wildman–Crippen LogP) is 6.26. The molecule has 0 unspecified atom stereocenters. The van der Waals surface area contributed by atoms with Gasteiger partial charge in [-0.2, -0.15) is 0 Å². The average Bonchev–Trinajstić information content (AvgIpc) is 3.12. The highest BCUT2D eigenvalue weighted by molar-refractivity contribution is 9.10. The van der Waals surface area contributed by atoms with Gasteiger partial charge in [-0.1, -0.05) is 57.9 Å². The van der Waals surface area contributed by atoms with Crippen LogP contribution >= 0.6 is 39.3 Å². The molecule has 12 heteroatoms. The first-order valence-electron chi connectivity index (χ1n) is 10.7. The Morgan fingerprint density at radius 2 is 1.86 bits per heavy atom. The van der Waals surface area contributed by atoms with Gasteiger partial charge >= 0.3 is 0 Å². The molecule has 1 fully saturated rings. The molecule has 0 radical (unpaired) electrons. The van der Waals surface area contributed by atoms with E-state index in [0.717, 1.165) is 4.90 Å². The smallest absolute Gasteiger partial charge is 0.293 e. The number of anilines is 1. The summed E-state index contributed by atoms with van der Waals surface area (Å²) in [4.78, 5) is 49.8. The molecule has 0 bridgehead atoms. The molecule has 0 aliphatic carbocycles. The van der Waals surface area contributed by atoms with Crippen LogP contribution in [0.3, 0.4) is 0 Å². The van der Waals surface area contributed by atoms with E-state index in [9.17, 15) is 24.5 Å². The third kappa shape index (κ3) is 6.37. The highest BCUT2D eigenvalue weighted by Gasteiger charge is 2.36. The second kappa shape index (κ2) is 11.6. The van der Waals surface area contributed by atoms with E-state index in [2.05, 4.69) is 21.2 Å². The van der Waals surface area contributed by atoms with Gasteiger partial charge < -0.3 is 10.1 Å². The van der Waals surface area contributed by atoms with Crippen molar-refractivity contribution in [1.29, 1.82) is 0 Å². The summed E-state index contributed by atoms with van der Waals surface area (Å²) in [6.07, 6.45) is 1.48. The molecule has 0 spiro atoms. The van der Waals surface area contributed by atoms with E-state index in [1.807, 2.05) is 0 Å². The van der Waals surface area contributed by atoms with E-state index in [0.29, 0.717) is 38.3 Å². The molecule has 3 aromatic carbocycles. The zero-order valence-electron chi connectivity index (χ0n) is 18.9. The lowest BCUT2D eigenvalue weighted by molar-refractivity contribution is -0.385. The Morgan fingerprint density at radius 1 is 1.14 bits per heavy atom. The minimum atomic E-state index is -0.587. The van der Waals surface area contributed by atoms with Gasteiger partial charge in [-0.05, 0) is 48.2 Å². The summed E-state index contributed by atoms with van der Waals surface area (Å²) in [5.74, 6) is -0.717. The summed E-state index contributed by atoms with van der Waals surface area (Å²) in [7, 11) is 0. The maximum absolute atomic E-state index is 13.0. The summed E-state index contributed by atoms with van der Waals surface area (Å²) in [6.45, 7) is -0.559. The number of carbonyl (C=O) groups excluding carboxylic acids is 3. The lowest BCUT2D eigenvalue weighted by Gasteiger charge is -2.13. The fourth-order valence-corrected chi connectivity index (χ4v) is 4.82. The Kier molecular flexibility index (Phi) is 8.27. The maximum Gasteiger partial charge on any atom is 0.293 e. The van der Waals surface area contributed by atoms with Crippen molar-refractivity contribution in [3.05, 3.63) is 102 Å². The van der Waals surface area contributed by atoms with Crippen LogP contribution < -0.4 is 10.1 Å². The van der Waals surface area contributed by atoms with Crippen LogP contribution in [0.15, 0.2) is 76.1 Å². The lowest BCUT2D eigenvalue weighted by atomic mass is 10.1. The van der Waals surface area contributed by atoms with Crippen molar-refractivity contribution in [1.82, 2.24) is 4.90 Å². The van der Waals surface area contributed by atoms with Crippen molar-refractivity contribution in [3.8, 4) is 5.75 Å². The molecule has 3 aromatic rings. The summed E-state index contributed by atoms with van der Waals surface area (Å²) in [5, 5.41) is 13.8. The molecule has 1 heterocycles. The Hall–Kier alpha value is -3.67. The molecule has 188 valence electrons. The molecule has 1 N–H and O–H groups in total. The van der Waals surface area contributed by atoms with Gasteiger partial charge in [-0.15, -0.1) is 0 Å². The van der Waals surface area contributed by atoms with Crippen molar-refractivity contribution in [3.63, 3.8) is 0 Å². The molecule has 9 nitrogen and oxygen atoms in total. The van der Waals surface area contributed by atoms with Crippen LogP contribution in [0, 0.1) is 10.1 Å². The molecule has 1 saturated heterocycles. The molecule has 0 saturated carbocycles. The number of carbonyl (C=O) groups is 3. The number of halogens is 2. The summed E-state index contributed by atoms with van der Waals surface area (Å²) in [6, 6.07) is 17.7. The van der Waals surface area contributed by atoms with Crippen LogP contribution in [0.1, 0.15) is 11.1 Å². The van der Waals surface area contributed by atoms with Crippen molar-refractivity contribution in [2.45, 2.75) is 6.54 Å². The van der Waals surface area contributed by atoms with Crippen LogP contribution in [0.4, 0.5) is 16.2 Å². The number of benzene rings is 3. The van der Waals surface area contributed by atoms with Crippen LogP contribution in [-0.2, 0) is 16.1 Å². The first-order chi connectivity index (χ1) is 17.7. The van der Waals surface area contributed by atoms with E-state index in [-0.39, 0.29) is 29.3 Å². The highest BCUT2D eigenvalue weighted by Crippen LogP contribution is 2.36. The van der Waals surface area contributed by atoms with Gasteiger partial charge in [0.25, 0.3) is 22.7 Å². The fraction of sp³-hybridized carbons (Fsp3) is 0.0800. The number of amides is 3. The van der Waals surface area contributed by atoms with Gasteiger partial charge in [-0.25, -0.2) is 0 Å². The zero-order chi connectivity index (χ0) is 26.5. The Morgan fingerprint density at radius 3 is 2.62 bits per heavy atom. The number of nitro benzene ring substituents is 1. The lowest BCUT2D eigenvalue weighted by Crippen LogP contribution is -2.27. The Balaban J connectivity index is 1.51. The number of ether oxygens (including phenoxy) is 1.